The minimum absolute atomic E-state index is 0.0486. The van der Waals surface area contributed by atoms with E-state index in [4.69, 9.17) is 25.8 Å². The van der Waals surface area contributed by atoms with Gasteiger partial charge in [-0.2, -0.15) is 5.26 Å². The molecule has 0 atom stereocenters. The predicted molar refractivity (Wildman–Crippen MR) is 106 cm³/mol. The van der Waals surface area contributed by atoms with Crippen LogP contribution in [0, 0.1) is 11.3 Å². The molecular weight excluding hydrogens is 378 g/mol. The number of hydrogen-bond donors (Lipinski definition) is 0. The number of ether oxygens (including phenoxy) is 3. The summed E-state index contributed by atoms with van der Waals surface area (Å²) in [6.45, 7) is 4.67. The molecule has 6 heteroatoms. The van der Waals surface area contributed by atoms with E-state index in [1.54, 1.807) is 12.1 Å². The molecule has 0 bridgehead atoms. The van der Waals surface area contributed by atoms with Crippen LogP contribution >= 0.6 is 11.6 Å². The highest BCUT2D eigenvalue weighted by molar-refractivity contribution is 6.30. The van der Waals surface area contributed by atoms with E-state index in [1.807, 2.05) is 30.3 Å². The fraction of sp³-hybridized carbons (Fsp3) is 0.273. The van der Waals surface area contributed by atoms with Crippen molar-refractivity contribution in [3.63, 3.8) is 0 Å². The molecule has 0 unspecified atom stereocenters. The van der Waals surface area contributed by atoms with Gasteiger partial charge in [0.25, 0.3) is 0 Å². The van der Waals surface area contributed by atoms with E-state index in [9.17, 15) is 10.1 Å². The Hall–Kier alpha value is -2.81. The van der Waals surface area contributed by atoms with E-state index in [0.717, 1.165) is 11.1 Å². The summed E-state index contributed by atoms with van der Waals surface area (Å²) >= 11 is 6.11. The van der Waals surface area contributed by atoms with E-state index in [1.165, 1.54) is 11.6 Å². The van der Waals surface area contributed by atoms with Crippen molar-refractivity contribution in [1.82, 2.24) is 0 Å². The average Bonchev–Trinajstić information content (AvgIpc) is 2.70. The summed E-state index contributed by atoms with van der Waals surface area (Å²) in [6.07, 6.45) is 1.52. The molecule has 1 aliphatic rings. The summed E-state index contributed by atoms with van der Waals surface area (Å²) in [4.78, 5) is 12.4. The standard InChI is InChI=1S/C22H20ClNO4/c1-14(2)16-5-3-15(4-6-16)7-17(10-24)22(25)27-12-19-9-20(23)8-18-11-26-13-28-21(18)19/h3-9,14H,11-13H2,1-2H3/b17-7+. The summed E-state index contributed by atoms with van der Waals surface area (Å²) in [5.74, 6) is 0.320. The zero-order valence-corrected chi connectivity index (χ0v) is 16.5. The molecule has 5 nitrogen and oxygen atoms in total. The van der Waals surface area contributed by atoms with Crippen LogP contribution in [-0.2, 0) is 27.5 Å². The number of hydrogen-bond acceptors (Lipinski definition) is 5. The SMILES string of the molecule is CC(C)c1ccc(/C=C(\C#N)C(=O)OCc2cc(Cl)cc3c2OCOC3)cc1. The van der Waals surface area contributed by atoms with Crippen molar-refractivity contribution in [2.75, 3.05) is 6.79 Å². The predicted octanol–water partition coefficient (Wildman–Crippen LogP) is 4.98. The van der Waals surface area contributed by atoms with Gasteiger partial charge in [0.15, 0.2) is 6.79 Å². The fourth-order valence-corrected chi connectivity index (χ4v) is 3.13. The lowest BCUT2D eigenvalue weighted by molar-refractivity contribution is -0.139. The number of halogens is 1. The molecule has 1 aliphatic heterocycles. The largest absolute Gasteiger partial charge is 0.467 e. The van der Waals surface area contributed by atoms with Crippen LogP contribution in [0.1, 0.15) is 42.0 Å². The molecule has 0 spiro atoms. The van der Waals surface area contributed by atoms with E-state index >= 15 is 0 Å². The number of nitrogens with zero attached hydrogens (tertiary/aromatic N) is 1. The molecule has 0 aliphatic carbocycles. The lowest BCUT2D eigenvalue weighted by atomic mass is 10.0. The van der Waals surface area contributed by atoms with Crippen molar-refractivity contribution in [3.05, 3.63) is 69.2 Å². The van der Waals surface area contributed by atoms with Gasteiger partial charge in [-0.25, -0.2) is 4.79 Å². The molecule has 0 aromatic heterocycles. The molecule has 0 fully saturated rings. The minimum atomic E-state index is -0.698. The number of nitriles is 1. The molecule has 0 N–H and O–H groups in total. The lowest BCUT2D eigenvalue weighted by Crippen LogP contribution is -2.14. The summed E-state index contributed by atoms with van der Waals surface area (Å²) in [6, 6.07) is 13.1. The van der Waals surface area contributed by atoms with Crippen LogP contribution in [0.4, 0.5) is 0 Å². The maximum atomic E-state index is 12.4. The van der Waals surface area contributed by atoms with Crippen LogP contribution in [0.25, 0.3) is 6.08 Å². The van der Waals surface area contributed by atoms with Gasteiger partial charge in [-0.1, -0.05) is 49.7 Å². The first-order valence-electron chi connectivity index (χ1n) is 8.88. The molecule has 0 saturated heterocycles. The average molecular weight is 398 g/mol. The van der Waals surface area contributed by atoms with Crippen LogP contribution in [0.2, 0.25) is 5.02 Å². The summed E-state index contributed by atoms with van der Waals surface area (Å²) in [5, 5.41) is 9.85. The van der Waals surface area contributed by atoms with Gasteiger partial charge in [-0.05, 0) is 35.3 Å². The zero-order chi connectivity index (χ0) is 20.1. The molecule has 0 amide bonds. The highest BCUT2D eigenvalue weighted by Crippen LogP contribution is 2.32. The van der Waals surface area contributed by atoms with Gasteiger partial charge in [0.2, 0.25) is 0 Å². The van der Waals surface area contributed by atoms with Crippen LogP contribution in [0.15, 0.2) is 42.0 Å². The number of carbonyl (C=O) groups is 1. The number of rotatable bonds is 5. The summed E-state index contributed by atoms with van der Waals surface area (Å²) in [7, 11) is 0. The molecule has 28 heavy (non-hydrogen) atoms. The smallest absolute Gasteiger partial charge is 0.349 e. The van der Waals surface area contributed by atoms with Crippen molar-refractivity contribution in [3.8, 4) is 11.8 Å². The second-order valence-electron chi connectivity index (χ2n) is 6.73. The maximum Gasteiger partial charge on any atom is 0.349 e. The van der Waals surface area contributed by atoms with Crippen molar-refractivity contribution < 1.29 is 19.0 Å². The summed E-state index contributed by atoms with van der Waals surface area (Å²) in [5.41, 5.74) is 3.31. The third-order valence-electron chi connectivity index (χ3n) is 4.36. The fourth-order valence-electron chi connectivity index (χ4n) is 2.87. The molecular formula is C22H20ClNO4. The third kappa shape index (κ3) is 4.72. The number of carbonyl (C=O) groups excluding carboxylic acids is 1. The normalized spacial score (nSPS) is 13.5. The van der Waals surface area contributed by atoms with Crippen molar-refractivity contribution in [2.45, 2.75) is 33.0 Å². The van der Waals surface area contributed by atoms with Crippen LogP contribution < -0.4 is 4.74 Å². The first-order chi connectivity index (χ1) is 13.5. The first-order valence-corrected chi connectivity index (χ1v) is 9.26. The van der Waals surface area contributed by atoms with Crippen LogP contribution in [0.3, 0.4) is 0 Å². The number of esters is 1. The summed E-state index contributed by atoms with van der Waals surface area (Å²) < 4.78 is 16.1. The van der Waals surface area contributed by atoms with Gasteiger partial charge in [-0.15, -0.1) is 0 Å². The molecule has 2 aromatic rings. The topological polar surface area (TPSA) is 68.6 Å². The molecule has 0 saturated carbocycles. The van der Waals surface area contributed by atoms with Crippen LogP contribution in [-0.4, -0.2) is 12.8 Å². The third-order valence-corrected chi connectivity index (χ3v) is 4.58. The van der Waals surface area contributed by atoms with Gasteiger partial charge in [0.05, 0.1) is 6.61 Å². The Morgan fingerprint density at radius 2 is 2.07 bits per heavy atom. The van der Waals surface area contributed by atoms with Gasteiger partial charge >= 0.3 is 5.97 Å². The highest BCUT2D eigenvalue weighted by Gasteiger charge is 2.18. The Kier molecular flexibility index (Phi) is 6.35. The van der Waals surface area contributed by atoms with E-state index in [2.05, 4.69) is 13.8 Å². The van der Waals surface area contributed by atoms with E-state index in [-0.39, 0.29) is 19.0 Å². The molecule has 1 heterocycles. The Morgan fingerprint density at radius 1 is 1.32 bits per heavy atom. The van der Waals surface area contributed by atoms with Gasteiger partial charge in [0, 0.05) is 16.1 Å². The molecule has 144 valence electrons. The molecule has 2 aromatic carbocycles. The second-order valence-corrected chi connectivity index (χ2v) is 7.17. The Labute approximate surface area is 169 Å². The van der Waals surface area contributed by atoms with Crippen molar-refractivity contribution in [1.29, 1.82) is 5.26 Å². The molecule has 3 rings (SSSR count). The number of benzene rings is 2. The van der Waals surface area contributed by atoms with E-state index in [0.29, 0.717) is 28.9 Å². The first kappa shape index (κ1) is 19.9. The van der Waals surface area contributed by atoms with Gasteiger partial charge < -0.3 is 14.2 Å². The van der Waals surface area contributed by atoms with E-state index < -0.39 is 5.97 Å². The quantitative estimate of drug-likeness (QED) is 0.404. The number of fused-ring (bicyclic) bond motifs is 1. The Balaban J connectivity index is 1.73. The maximum absolute atomic E-state index is 12.4. The lowest BCUT2D eigenvalue weighted by Gasteiger charge is -2.21. The Bertz CT molecular complexity index is 942. The highest BCUT2D eigenvalue weighted by atomic mass is 35.5. The van der Waals surface area contributed by atoms with Crippen molar-refractivity contribution >= 4 is 23.6 Å². The molecule has 0 radical (unpaired) electrons. The van der Waals surface area contributed by atoms with Crippen molar-refractivity contribution in [2.24, 2.45) is 0 Å². The van der Waals surface area contributed by atoms with Gasteiger partial charge in [0.1, 0.15) is 24.0 Å². The minimum Gasteiger partial charge on any atom is -0.467 e. The van der Waals surface area contributed by atoms with Gasteiger partial charge in [-0.3, -0.25) is 0 Å². The van der Waals surface area contributed by atoms with Crippen LogP contribution in [0.5, 0.6) is 5.75 Å². The Morgan fingerprint density at radius 3 is 2.75 bits per heavy atom. The zero-order valence-electron chi connectivity index (χ0n) is 15.7. The second kappa shape index (κ2) is 8.92. The monoisotopic (exact) mass is 397 g/mol.